The molecule has 0 spiro atoms. The highest BCUT2D eigenvalue weighted by molar-refractivity contribution is 6.21. The number of carbonyl (C=O) groups excluding carboxylic acids is 4. The summed E-state index contributed by atoms with van der Waals surface area (Å²) in [7, 11) is 0. The molecule has 1 fully saturated rings. The molecule has 0 radical (unpaired) electrons. The van der Waals surface area contributed by atoms with E-state index in [0.29, 0.717) is 37.4 Å². The normalized spacial score (nSPS) is 17.7. The van der Waals surface area contributed by atoms with Gasteiger partial charge in [-0.3, -0.25) is 24.1 Å². The van der Waals surface area contributed by atoms with Gasteiger partial charge in [0.25, 0.3) is 17.7 Å². The van der Waals surface area contributed by atoms with Crippen LogP contribution in [0.3, 0.4) is 0 Å². The number of fused-ring (bicyclic) bond motifs is 1. The molecule has 2 aliphatic rings. The zero-order chi connectivity index (χ0) is 19.6. The SMILES string of the molecule is Cc1ccc2c(c1)C(=O)N(CCC(=O)OC(C)C(=O)N1CCOCC1)C2=O. The van der Waals surface area contributed by atoms with Crippen LogP contribution in [0.2, 0.25) is 0 Å². The molecule has 3 amide bonds. The second-order valence-electron chi connectivity index (χ2n) is 6.63. The van der Waals surface area contributed by atoms with E-state index in [1.165, 1.54) is 6.92 Å². The van der Waals surface area contributed by atoms with Gasteiger partial charge in [0.1, 0.15) is 0 Å². The Kier molecular flexibility index (Phi) is 5.55. The number of imide groups is 1. The Morgan fingerprint density at radius 1 is 1.15 bits per heavy atom. The molecule has 0 bridgehead atoms. The van der Waals surface area contributed by atoms with Crippen LogP contribution in [0.15, 0.2) is 18.2 Å². The van der Waals surface area contributed by atoms with Crippen molar-refractivity contribution in [3.8, 4) is 0 Å². The lowest BCUT2D eigenvalue weighted by Crippen LogP contribution is -2.46. The molecule has 1 unspecified atom stereocenters. The maximum absolute atomic E-state index is 12.4. The van der Waals surface area contributed by atoms with Gasteiger partial charge in [-0.05, 0) is 26.0 Å². The molecule has 2 aliphatic heterocycles. The van der Waals surface area contributed by atoms with E-state index < -0.39 is 23.9 Å². The summed E-state index contributed by atoms with van der Waals surface area (Å²) in [5.74, 6) is -1.73. The maximum Gasteiger partial charge on any atom is 0.308 e. The number of nitrogens with zero attached hydrogens (tertiary/aromatic N) is 2. The molecule has 27 heavy (non-hydrogen) atoms. The van der Waals surface area contributed by atoms with Crippen molar-refractivity contribution >= 4 is 23.7 Å². The Morgan fingerprint density at radius 3 is 2.52 bits per heavy atom. The van der Waals surface area contributed by atoms with Crippen LogP contribution in [0.4, 0.5) is 0 Å². The second kappa shape index (κ2) is 7.87. The summed E-state index contributed by atoms with van der Waals surface area (Å²) >= 11 is 0. The lowest BCUT2D eigenvalue weighted by Gasteiger charge is -2.29. The highest BCUT2D eigenvalue weighted by atomic mass is 16.5. The average molecular weight is 374 g/mol. The molecule has 0 aliphatic carbocycles. The Labute approximate surface area is 157 Å². The first-order valence-corrected chi connectivity index (χ1v) is 8.91. The molecule has 2 heterocycles. The third kappa shape index (κ3) is 4.00. The van der Waals surface area contributed by atoms with E-state index in [0.717, 1.165) is 10.5 Å². The number of rotatable bonds is 5. The van der Waals surface area contributed by atoms with E-state index in [2.05, 4.69) is 0 Å². The van der Waals surface area contributed by atoms with Crippen molar-refractivity contribution < 1.29 is 28.7 Å². The summed E-state index contributed by atoms with van der Waals surface area (Å²) in [5.41, 5.74) is 1.57. The van der Waals surface area contributed by atoms with Crippen LogP contribution in [0.1, 0.15) is 39.6 Å². The number of ether oxygens (including phenoxy) is 2. The van der Waals surface area contributed by atoms with Crippen LogP contribution < -0.4 is 0 Å². The fourth-order valence-electron chi connectivity index (χ4n) is 3.16. The first kappa shape index (κ1) is 19.0. The molecule has 1 saturated heterocycles. The fraction of sp³-hybridized carbons (Fsp3) is 0.474. The Morgan fingerprint density at radius 2 is 1.81 bits per heavy atom. The van der Waals surface area contributed by atoms with E-state index in [1.807, 2.05) is 6.92 Å². The van der Waals surface area contributed by atoms with Crippen molar-refractivity contribution in [2.45, 2.75) is 26.4 Å². The average Bonchev–Trinajstić information content (AvgIpc) is 2.90. The highest BCUT2D eigenvalue weighted by Gasteiger charge is 2.35. The summed E-state index contributed by atoms with van der Waals surface area (Å²) in [6.07, 6.45) is -1.08. The van der Waals surface area contributed by atoms with Gasteiger partial charge < -0.3 is 14.4 Å². The topological polar surface area (TPSA) is 93.2 Å². The molecule has 1 aromatic carbocycles. The second-order valence-corrected chi connectivity index (χ2v) is 6.63. The van der Waals surface area contributed by atoms with Crippen molar-refractivity contribution in [3.63, 3.8) is 0 Å². The Bertz CT molecular complexity index is 784. The van der Waals surface area contributed by atoms with Crippen LogP contribution in [0.25, 0.3) is 0 Å². The smallest absolute Gasteiger partial charge is 0.308 e. The first-order chi connectivity index (χ1) is 12.9. The van der Waals surface area contributed by atoms with Gasteiger partial charge in [0.2, 0.25) is 0 Å². The molecule has 144 valence electrons. The molecule has 3 rings (SSSR count). The van der Waals surface area contributed by atoms with E-state index in [-0.39, 0.29) is 18.9 Å². The summed E-state index contributed by atoms with van der Waals surface area (Å²) in [6, 6.07) is 5.05. The number of amides is 3. The van der Waals surface area contributed by atoms with Crippen molar-refractivity contribution in [3.05, 3.63) is 34.9 Å². The van der Waals surface area contributed by atoms with Crippen molar-refractivity contribution in [2.24, 2.45) is 0 Å². The van der Waals surface area contributed by atoms with E-state index in [9.17, 15) is 19.2 Å². The predicted octanol–water partition coefficient (Wildman–Crippen LogP) is 0.772. The number of hydrogen-bond acceptors (Lipinski definition) is 6. The van der Waals surface area contributed by atoms with Gasteiger partial charge >= 0.3 is 5.97 Å². The zero-order valence-electron chi connectivity index (χ0n) is 15.4. The minimum atomic E-state index is -0.916. The maximum atomic E-state index is 12.4. The summed E-state index contributed by atoms with van der Waals surface area (Å²) < 4.78 is 10.4. The van der Waals surface area contributed by atoms with Gasteiger partial charge in [0.05, 0.1) is 30.8 Å². The number of hydrogen-bond donors (Lipinski definition) is 0. The van der Waals surface area contributed by atoms with Gasteiger partial charge in [-0.2, -0.15) is 0 Å². The number of morpholine rings is 1. The fourth-order valence-corrected chi connectivity index (χ4v) is 3.16. The van der Waals surface area contributed by atoms with Crippen molar-refractivity contribution in [1.82, 2.24) is 9.80 Å². The number of carbonyl (C=O) groups is 4. The summed E-state index contributed by atoms with van der Waals surface area (Å²) in [6.45, 7) is 5.13. The zero-order valence-corrected chi connectivity index (χ0v) is 15.4. The number of benzene rings is 1. The molecule has 8 heteroatoms. The van der Waals surface area contributed by atoms with Gasteiger partial charge in [0, 0.05) is 19.6 Å². The summed E-state index contributed by atoms with van der Waals surface area (Å²) in [4.78, 5) is 51.7. The van der Waals surface area contributed by atoms with Crippen LogP contribution in [0.5, 0.6) is 0 Å². The van der Waals surface area contributed by atoms with E-state index in [4.69, 9.17) is 9.47 Å². The molecular formula is C19H22N2O6. The molecule has 0 saturated carbocycles. The minimum Gasteiger partial charge on any atom is -0.452 e. The van der Waals surface area contributed by atoms with Gasteiger partial charge in [-0.25, -0.2) is 0 Å². The molecular weight excluding hydrogens is 352 g/mol. The standard InChI is InChI=1S/C19H22N2O6/c1-12-3-4-14-15(11-12)19(25)21(18(14)24)6-5-16(22)27-13(2)17(23)20-7-9-26-10-8-20/h3-4,11,13H,5-10H2,1-2H3. The number of aryl methyl sites for hydroxylation is 1. The molecule has 0 N–H and O–H groups in total. The monoisotopic (exact) mass is 374 g/mol. The summed E-state index contributed by atoms with van der Waals surface area (Å²) in [5, 5.41) is 0. The quantitative estimate of drug-likeness (QED) is 0.558. The minimum absolute atomic E-state index is 0.0807. The predicted molar refractivity (Wildman–Crippen MR) is 94.1 cm³/mol. The van der Waals surface area contributed by atoms with Gasteiger partial charge in [0.15, 0.2) is 6.10 Å². The lowest BCUT2D eigenvalue weighted by atomic mass is 10.1. The number of esters is 1. The van der Waals surface area contributed by atoms with Crippen LogP contribution in [-0.4, -0.2) is 72.4 Å². The van der Waals surface area contributed by atoms with E-state index >= 15 is 0 Å². The molecule has 1 aromatic rings. The van der Waals surface area contributed by atoms with E-state index in [1.54, 1.807) is 23.1 Å². The Hall–Kier alpha value is -2.74. The Balaban J connectivity index is 1.53. The van der Waals surface area contributed by atoms with Crippen molar-refractivity contribution in [1.29, 1.82) is 0 Å². The van der Waals surface area contributed by atoms with Crippen LogP contribution in [-0.2, 0) is 19.1 Å². The first-order valence-electron chi connectivity index (χ1n) is 8.91. The molecule has 8 nitrogen and oxygen atoms in total. The third-order valence-electron chi connectivity index (χ3n) is 4.64. The molecule has 0 aromatic heterocycles. The molecule has 1 atom stereocenters. The van der Waals surface area contributed by atoms with Crippen molar-refractivity contribution in [2.75, 3.05) is 32.8 Å². The van der Waals surface area contributed by atoms with Crippen LogP contribution >= 0.6 is 0 Å². The lowest BCUT2D eigenvalue weighted by molar-refractivity contribution is -0.161. The highest BCUT2D eigenvalue weighted by Crippen LogP contribution is 2.24. The third-order valence-corrected chi connectivity index (χ3v) is 4.64. The largest absolute Gasteiger partial charge is 0.452 e. The van der Waals surface area contributed by atoms with Gasteiger partial charge in [-0.15, -0.1) is 0 Å². The van der Waals surface area contributed by atoms with Gasteiger partial charge in [-0.1, -0.05) is 11.6 Å². The van der Waals surface area contributed by atoms with Crippen LogP contribution in [0, 0.1) is 6.92 Å².